The van der Waals surface area contributed by atoms with Crippen LogP contribution in [0.5, 0.6) is 0 Å². The average Bonchev–Trinajstić information content (AvgIpc) is 2.45. The van der Waals surface area contributed by atoms with Crippen molar-refractivity contribution in [2.24, 2.45) is 5.92 Å². The lowest BCUT2D eigenvalue weighted by Gasteiger charge is -2.31. The molecule has 19 heavy (non-hydrogen) atoms. The average molecular weight is 283 g/mol. The molecule has 102 valence electrons. The summed E-state index contributed by atoms with van der Waals surface area (Å²) in [4.78, 5) is 29.4. The van der Waals surface area contributed by atoms with Gasteiger partial charge in [0.2, 0.25) is 0 Å². The summed E-state index contributed by atoms with van der Waals surface area (Å²) in [6.07, 6.45) is 1.53. The Bertz CT molecular complexity index is 493. The van der Waals surface area contributed by atoms with Crippen LogP contribution < -0.4 is 0 Å². The van der Waals surface area contributed by atoms with Crippen molar-refractivity contribution < 1.29 is 14.3 Å². The van der Waals surface area contributed by atoms with E-state index in [-0.39, 0.29) is 22.9 Å². The molecule has 0 bridgehead atoms. The first kappa shape index (κ1) is 13.8. The second-order valence-electron chi connectivity index (χ2n) is 4.46. The van der Waals surface area contributed by atoms with E-state index in [1.165, 1.54) is 7.11 Å². The maximum absolute atomic E-state index is 12.3. The van der Waals surface area contributed by atoms with Crippen LogP contribution in [0.2, 0.25) is 5.15 Å². The molecule has 0 N–H and O–H groups in total. The van der Waals surface area contributed by atoms with Crippen LogP contribution in [-0.4, -0.2) is 42.0 Å². The summed E-state index contributed by atoms with van der Waals surface area (Å²) in [6.45, 7) is 1.00. The fourth-order valence-corrected chi connectivity index (χ4v) is 2.37. The monoisotopic (exact) mass is 282 g/mol. The molecule has 1 amide bonds. The minimum atomic E-state index is -0.267. The minimum Gasteiger partial charge on any atom is -0.469 e. The number of aromatic nitrogens is 1. The molecule has 2 heterocycles. The number of rotatable bonds is 2. The lowest BCUT2D eigenvalue weighted by molar-refractivity contribution is -0.146. The van der Waals surface area contributed by atoms with Crippen molar-refractivity contribution in [3.8, 4) is 0 Å². The Kier molecular flexibility index (Phi) is 4.37. The normalized spacial score (nSPS) is 19.1. The number of ether oxygens (including phenoxy) is 1. The summed E-state index contributed by atoms with van der Waals surface area (Å²) in [5.41, 5.74) is 0.304. The molecule has 1 aliphatic heterocycles. The molecule has 1 aliphatic rings. The third-order valence-corrected chi connectivity index (χ3v) is 3.39. The highest BCUT2D eigenvalue weighted by atomic mass is 35.5. The predicted octanol–water partition coefficient (Wildman–Crippen LogP) is 1.76. The van der Waals surface area contributed by atoms with Crippen molar-refractivity contribution in [1.29, 1.82) is 0 Å². The van der Waals surface area contributed by atoms with Gasteiger partial charge in [-0.1, -0.05) is 17.7 Å². The number of hydrogen-bond acceptors (Lipinski definition) is 4. The molecule has 0 saturated carbocycles. The van der Waals surface area contributed by atoms with Gasteiger partial charge in [0.1, 0.15) is 10.8 Å². The zero-order valence-electron chi connectivity index (χ0n) is 10.6. The van der Waals surface area contributed by atoms with Gasteiger partial charge in [-0.3, -0.25) is 9.59 Å². The van der Waals surface area contributed by atoms with Crippen molar-refractivity contribution in [2.75, 3.05) is 20.2 Å². The van der Waals surface area contributed by atoms with Gasteiger partial charge in [0, 0.05) is 13.1 Å². The van der Waals surface area contributed by atoms with Crippen LogP contribution >= 0.6 is 11.6 Å². The lowest BCUT2D eigenvalue weighted by atomic mass is 9.98. The van der Waals surface area contributed by atoms with Gasteiger partial charge in [0.25, 0.3) is 5.91 Å². The molecule has 0 spiro atoms. The summed E-state index contributed by atoms with van der Waals surface area (Å²) >= 11 is 5.77. The molecular weight excluding hydrogens is 268 g/mol. The predicted molar refractivity (Wildman–Crippen MR) is 69.9 cm³/mol. The third-order valence-electron chi connectivity index (χ3n) is 3.18. The van der Waals surface area contributed by atoms with E-state index in [0.29, 0.717) is 18.8 Å². The van der Waals surface area contributed by atoms with Gasteiger partial charge in [0.05, 0.1) is 13.0 Å². The number of hydrogen-bond donors (Lipinski definition) is 0. The van der Waals surface area contributed by atoms with Crippen LogP contribution in [-0.2, 0) is 9.53 Å². The van der Waals surface area contributed by atoms with Crippen molar-refractivity contribution >= 4 is 23.5 Å². The van der Waals surface area contributed by atoms with Crippen molar-refractivity contribution in [3.63, 3.8) is 0 Å². The molecule has 1 fully saturated rings. The number of methoxy groups -OCH3 is 1. The standard InChI is InChI=1S/C13H15ClN2O3/c1-19-13(18)9-4-3-7-16(8-9)12(17)10-5-2-6-11(14)15-10/h2,5-6,9H,3-4,7-8H2,1H3. The van der Waals surface area contributed by atoms with E-state index in [2.05, 4.69) is 4.98 Å². The van der Waals surface area contributed by atoms with Crippen LogP contribution in [0, 0.1) is 5.92 Å². The van der Waals surface area contributed by atoms with Crippen LogP contribution in [0.1, 0.15) is 23.3 Å². The van der Waals surface area contributed by atoms with Crippen molar-refractivity contribution in [3.05, 3.63) is 29.0 Å². The van der Waals surface area contributed by atoms with Crippen molar-refractivity contribution in [1.82, 2.24) is 9.88 Å². The number of carbonyl (C=O) groups excluding carboxylic acids is 2. The second kappa shape index (κ2) is 6.02. The molecular formula is C13H15ClN2O3. The first-order valence-electron chi connectivity index (χ1n) is 6.11. The molecule has 0 radical (unpaired) electrons. The Morgan fingerprint density at radius 1 is 1.47 bits per heavy atom. The number of amides is 1. The van der Waals surface area contributed by atoms with Gasteiger partial charge in [-0.25, -0.2) is 4.98 Å². The summed E-state index contributed by atoms with van der Waals surface area (Å²) in [5, 5.41) is 0.285. The van der Waals surface area contributed by atoms with E-state index in [1.807, 2.05) is 0 Å². The molecule has 1 unspecified atom stereocenters. The van der Waals surface area contributed by atoms with E-state index in [1.54, 1.807) is 23.1 Å². The van der Waals surface area contributed by atoms with Gasteiger partial charge in [-0.2, -0.15) is 0 Å². The van der Waals surface area contributed by atoms with E-state index in [0.717, 1.165) is 12.8 Å². The van der Waals surface area contributed by atoms with E-state index < -0.39 is 0 Å². The van der Waals surface area contributed by atoms with Crippen LogP contribution in [0.3, 0.4) is 0 Å². The number of carbonyl (C=O) groups is 2. The highest BCUT2D eigenvalue weighted by Gasteiger charge is 2.29. The molecule has 1 aromatic heterocycles. The minimum absolute atomic E-state index is 0.198. The summed E-state index contributed by atoms with van der Waals surface area (Å²) in [6, 6.07) is 4.92. The van der Waals surface area contributed by atoms with Gasteiger partial charge < -0.3 is 9.64 Å². The summed E-state index contributed by atoms with van der Waals surface area (Å²) < 4.78 is 4.73. The SMILES string of the molecule is COC(=O)C1CCCN(C(=O)c2cccc(Cl)n2)C1. The molecule has 1 saturated heterocycles. The number of likely N-dealkylation sites (tertiary alicyclic amines) is 1. The number of halogens is 1. The summed E-state index contributed by atoms with van der Waals surface area (Å²) in [7, 11) is 1.36. The van der Waals surface area contributed by atoms with Gasteiger partial charge >= 0.3 is 5.97 Å². The fraction of sp³-hybridized carbons (Fsp3) is 0.462. The van der Waals surface area contributed by atoms with E-state index in [4.69, 9.17) is 16.3 Å². The van der Waals surface area contributed by atoms with Gasteiger partial charge in [-0.05, 0) is 25.0 Å². The zero-order valence-corrected chi connectivity index (χ0v) is 11.4. The number of pyridine rings is 1. The molecule has 6 heteroatoms. The smallest absolute Gasteiger partial charge is 0.310 e. The Balaban J connectivity index is 2.09. The first-order valence-corrected chi connectivity index (χ1v) is 6.49. The Morgan fingerprint density at radius 2 is 2.26 bits per heavy atom. The zero-order chi connectivity index (χ0) is 13.8. The number of nitrogens with zero attached hydrogens (tertiary/aromatic N) is 2. The fourth-order valence-electron chi connectivity index (χ4n) is 2.21. The molecule has 2 rings (SSSR count). The molecule has 1 atom stereocenters. The highest BCUT2D eigenvalue weighted by Crippen LogP contribution is 2.19. The van der Waals surface area contributed by atoms with Crippen LogP contribution in [0.15, 0.2) is 18.2 Å². The molecule has 0 aliphatic carbocycles. The van der Waals surface area contributed by atoms with Crippen LogP contribution in [0.25, 0.3) is 0 Å². The maximum Gasteiger partial charge on any atom is 0.310 e. The van der Waals surface area contributed by atoms with E-state index in [9.17, 15) is 9.59 Å². The Labute approximate surface area is 116 Å². The van der Waals surface area contributed by atoms with E-state index >= 15 is 0 Å². The lowest BCUT2D eigenvalue weighted by Crippen LogP contribution is -2.42. The molecule has 5 nitrogen and oxygen atoms in total. The summed E-state index contributed by atoms with van der Waals surface area (Å²) in [5.74, 6) is -0.713. The number of piperidine rings is 1. The van der Waals surface area contributed by atoms with Crippen molar-refractivity contribution in [2.45, 2.75) is 12.8 Å². The second-order valence-corrected chi connectivity index (χ2v) is 4.85. The molecule has 0 aromatic carbocycles. The number of esters is 1. The highest BCUT2D eigenvalue weighted by molar-refractivity contribution is 6.29. The Morgan fingerprint density at radius 3 is 2.95 bits per heavy atom. The molecule has 1 aromatic rings. The maximum atomic E-state index is 12.3. The van der Waals surface area contributed by atoms with Gasteiger partial charge in [0.15, 0.2) is 0 Å². The quantitative estimate of drug-likeness (QED) is 0.613. The van der Waals surface area contributed by atoms with Crippen LogP contribution in [0.4, 0.5) is 0 Å². The first-order chi connectivity index (χ1) is 9.11. The van der Waals surface area contributed by atoms with Gasteiger partial charge in [-0.15, -0.1) is 0 Å². The third kappa shape index (κ3) is 3.23. The largest absolute Gasteiger partial charge is 0.469 e. The topological polar surface area (TPSA) is 59.5 Å². The Hall–Kier alpha value is -1.62.